The zero-order chi connectivity index (χ0) is 19.8. The molecule has 2 aromatic carbocycles. The van der Waals surface area contributed by atoms with Crippen LogP contribution in [0.5, 0.6) is 5.75 Å². The smallest absolute Gasteiger partial charge is 0.260 e. The Balaban J connectivity index is 1.51. The number of hydrogen-bond donors (Lipinski definition) is 1. The molecule has 6 heteroatoms. The van der Waals surface area contributed by atoms with Gasteiger partial charge in [0.2, 0.25) is 5.91 Å². The molecule has 0 spiro atoms. The first-order chi connectivity index (χ1) is 13.7. The summed E-state index contributed by atoms with van der Waals surface area (Å²) >= 11 is 0. The van der Waals surface area contributed by atoms with Gasteiger partial charge >= 0.3 is 0 Å². The number of carbonyl (C=O) groups excluding carboxylic acids is 2. The lowest BCUT2D eigenvalue weighted by atomic mass is 10.1. The number of nitrogens with two attached hydrogens (primary N) is 1. The average molecular weight is 381 g/mol. The van der Waals surface area contributed by atoms with Crippen molar-refractivity contribution in [2.45, 2.75) is 19.3 Å². The Kier molecular flexibility index (Phi) is 7.03. The number of anilines is 1. The van der Waals surface area contributed by atoms with E-state index in [0.29, 0.717) is 31.8 Å². The van der Waals surface area contributed by atoms with Gasteiger partial charge in [-0.1, -0.05) is 30.3 Å². The molecule has 1 aliphatic rings. The second kappa shape index (κ2) is 9.90. The maximum atomic E-state index is 12.5. The van der Waals surface area contributed by atoms with E-state index >= 15 is 0 Å². The summed E-state index contributed by atoms with van der Waals surface area (Å²) in [5.41, 5.74) is 7.72. The van der Waals surface area contributed by atoms with Gasteiger partial charge in [0.05, 0.1) is 0 Å². The summed E-state index contributed by atoms with van der Waals surface area (Å²) in [5, 5.41) is 0. The Morgan fingerprint density at radius 2 is 1.82 bits per heavy atom. The van der Waals surface area contributed by atoms with E-state index in [2.05, 4.69) is 0 Å². The van der Waals surface area contributed by atoms with Crippen molar-refractivity contribution in [3.63, 3.8) is 0 Å². The Hall–Kier alpha value is -2.86. The van der Waals surface area contributed by atoms with Crippen LogP contribution in [0.15, 0.2) is 54.6 Å². The first kappa shape index (κ1) is 19.9. The van der Waals surface area contributed by atoms with Gasteiger partial charge in [0.1, 0.15) is 5.75 Å². The minimum atomic E-state index is -0.0832. The van der Waals surface area contributed by atoms with Crippen LogP contribution in [-0.2, 0) is 16.0 Å². The molecule has 2 N–H and O–H groups in total. The zero-order valence-corrected chi connectivity index (χ0v) is 16.0. The van der Waals surface area contributed by atoms with E-state index in [9.17, 15) is 9.59 Å². The van der Waals surface area contributed by atoms with Crippen molar-refractivity contribution in [2.24, 2.45) is 5.73 Å². The van der Waals surface area contributed by atoms with Crippen LogP contribution >= 0.6 is 0 Å². The predicted molar refractivity (Wildman–Crippen MR) is 109 cm³/mol. The van der Waals surface area contributed by atoms with Crippen LogP contribution in [0.3, 0.4) is 0 Å². The van der Waals surface area contributed by atoms with Crippen LogP contribution in [0, 0.1) is 0 Å². The Bertz CT molecular complexity index is 777. The summed E-state index contributed by atoms with van der Waals surface area (Å²) in [6, 6.07) is 17.4. The highest BCUT2D eigenvalue weighted by Gasteiger charge is 2.21. The topological polar surface area (TPSA) is 75.9 Å². The molecule has 0 saturated carbocycles. The van der Waals surface area contributed by atoms with Gasteiger partial charge in [0.15, 0.2) is 6.61 Å². The lowest BCUT2D eigenvalue weighted by molar-refractivity contribution is -0.133. The number of amides is 2. The van der Waals surface area contributed by atoms with Gasteiger partial charge in [-0.3, -0.25) is 9.59 Å². The Labute approximate surface area is 165 Å². The van der Waals surface area contributed by atoms with E-state index in [4.69, 9.17) is 10.5 Å². The van der Waals surface area contributed by atoms with Crippen LogP contribution in [0.4, 0.5) is 5.69 Å². The number of benzene rings is 2. The largest absolute Gasteiger partial charge is 0.484 e. The molecule has 0 aliphatic carbocycles. The highest BCUT2D eigenvalue weighted by atomic mass is 16.5. The van der Waals surface area contributed by atoms with Gasteiger partial charge in [-0.2, -0.15) is 0 Å². The Morgan fingerprint density at radius 3 is 2.46 bits per heavy atom. The number of rotatable bonds is 9. The highest BCUT2D eigenvalue weighted by molar-refractivity contribution is 5.95. The van der Waals surface area contributed by atoms with Gasteiger partial charge in [-0.15, -0.1) is 0 Å². The molecule has 1 aliphatic heterocycles. The SMILES string of the molecule is NCCN(CCc1ccccc1)C(=O)COc1ccc(N2CCCC2=O)cc1. The first-order valence-corrected chi connectivity index (χ1v) is 9.72. The lowest BCUT2D eigenvalue weighted by Gasteiger charge is -2.22. The van der Waals surface area contributed by atoms with E-state index in [0.717, 1.165) is 25.1 Å². The molecule has 3 rings (SSSR count). The summed E-state index contributed by atoms with van der Waals surface area (Å²) < 4.78 is 5.66. The number of ether oxygens (including phenoxy) is 1. The molecule has 0 atom stereocenters. The predicted octanol–water partition coefficient (Wildman–Crippen LogP) is 2.22. The molecule has 1 heterocycles. The molecule has 2 aromatic rings. The third-order valence-electron chi connectivity index (χ3n) is 4.85. The molecular weight excluding hydrogens is 354 g/mol. The van der Waals surface area contributed by atoms with Crippen molar-refractivity contribution in [3.05, 3.63) is 60.2 Å². The summed E-state index contributed by atoms with van der Waals surface area (Å²) in [4.78, 5) is 27.9. The van der Waals surface area contributed by atoms with Crippen LogP contribution < -0.4 is 15.4 Å². The third kappa shape index (κ3) is 5.33. The molecule has 1 saturated heterocycles. The van der Waals surface area contributed by atoms with Crippen molar-refractivity contribution in [2.75, 3.05) is 37.7 Å². The maximum absolute atomic E-state index is 12.5. The molecule has 1 fully saturated rings. The van der Waals surface area contributed by atoms with Crippen LogP contribution in [-0.4, -0.2) is 49.5 Å². The monoisotopic (exact) mass is 381 g/mol. The normalized spacial score (nSPS) is 13.6. The van der Waals surface area contributed by atoms with Crippen LogP contribution in [0.2, 0.25) is 0 Å². The Morgan fingerprint density at radius 1 is 1.07 bits per heavy atom. The maximum Gasteiger partial charge on any atom is 0.260 e. The van der Waals surface area contributed by atoms with Gasteiger partial charge < -0.3 is 20.3 Å². The van der Waals surface area contributed by atoms with E-state index < -0.39 is 0 Å². The molecular formula is C22H27N3O3. The van der Waals surface area contributed by atoms with Gasteiger partial charge in [0.25, 0.3) is 5.91 Å². The van der Waals surface area contributed by atoms with E-state index in [1.807, 2.05) is 42.5 Å². The standard InChI is InChI=1S/C22H27N3O3/c23-13-16-24(15-12-18-5-2-1-3-6-18)22(27)17-28-20-10-8-19(9-11-20)25-14-4-7-21(25)26/h1-3,5-6,8-11H,4,7,12-17,23H2. The quantitative estimate of drug-likeness (QED) is 0.723. The van der Waals surface area contributed by atoms with Gasteiger partial charge in [-0.25, -0.2) is 0 Å². The van der Waals surface area contributed by atoms with Crippen LogP contribution in [0.1, 0.15) is 18.4 Å². The summed E-state index contributed by atoms with van der Waals surface area (Å²) in [6.07, 6.45) is 2.28. The number of carbonyl (C=O) groups is 2. The van der Waals surface area contributed by atoms with E-state index in [1.54, 1.807) is 21.9 Å². The highest BCUT2D eigenvalue weighted by Crippen LogP contribution is 2.23. The van der Waals surface area contributed by atoms with Crippen molar-refractivity contribution < 1.29 is 14.3 Å². The van der Waals surface area contributed by atoms with Crippen molar-refractivity contribution in [1.29, 1.82) is 0 Å². The minimum absolute atomic E-state index is 0.0310. The summed E-state index contributed by atoms with van der Waals surface area (Å²) in [5.74, 6) is 0.680. The van der Waals surface area contributed by atoms with Crippen molar-refractivity contribution >= 4 is 17.5 Å². The van der Waals surface area contributed by atoms with Gasteiger partial charge in [0, 0.05) is 38.3 Å². The molecule has 0 radical (unpaired) electrons. The summed E-state index contributed by atoms with van der Waals surface area (Å²) in [6.45, 7) is 2.26. The number of hydrogen-bond acceptors (Lipinski definition) is 4. The third-order valence-corrected chi connectivity index (χ3v) is 4.85. The summed E-state index contributed by atoms with van der Waals surface area (Å²) in [7, 11) is 0. The fourth-order valence-corrected chi connectivity index (χ4v) is 3.31. The number of nitrogens with zero attached hydrogens (tertiary/aromatic N) is 2. The fraction of sp³-hybridized carbons (Fsp3) is 0.364. The average Bonchev–Trinajstić information content (AvgIpc) is 3.16. The lowest BCUT2D eigenvalue weighted by Crippen LogP contribution is -2.39. The second-order valence-electron chi connectivity index (χ2n) is 6.84. The van der Waals surface area contributed by atoms with Crippen molar-refractivity contribution in [1.82, 2.24) is 4.90 Å². The van der Waals surface area contributed by atoms with E-state index in [-0.39, 0.29) is 18.4 Å². The molecule has 28 heavy (non-hydrogen) atoms. The molecule has 2 amide bonds. The van der Waals surface area contributed by atoms with E-state index in [1.165, 1.54) is 5.56 Å². The molecule has 0 unspecified atom stereocenters. The fourth-order valence-electron chi connectivity index (χ4n) is 3.31. The van der Waals surface area contributed by atoms with Crippen molar-refractivity contribution in [3.8, 4) is 5.75 Å². The first-order valence-electron chi connectivity index (χ1n) is 9.72. The molecule has 6 nitrogen and oxygen atoms in total. The zero-order valence-electron chi connectivity index (χ0n) is 16.0. The molecule has 0 bridgehead atoms. The van der Waals surface area contributed by atoms with Gasteiger partial charge in [-0.05, 0) is 42.7 Å². The second-order valence-corrected chi connectivity index (χ2v) is 6.84. The van der Waals surface area contributed by atoms with Crippen LogP contribution in [0.25, 0.3) is 0 Å². The molecule has 0 aromatic heterocycles. The minimum Gasteiger partial charge on any atom is -0.484 e. The molecule has 148 valence electrons.